The largest absolute Gasteiger partial charge is 0.342 e. The minimum atomic E-state index is -0.464. The Hall–Kier alpha value is -1.99. The quantitative estimate of drug-likeness (QED) is 0.838. The SMILES string of the molecule is Cl.NC1(c2noc(C3CCCN(C(=O)Cc4ccc(F)cc4)C3)n2)CCCC1. The molecule has 1 aromatic carbocycles. The first-order chi connectivity index (χ1) is 13.0. The highest BCUT2D eigenvalue weighted by Gasteiger charge is 2.37. The Balaban J connectivity index is 0.00000225. The molecule has 2 heterocycles. The molecule has 0 radical (unpaired) electrons. The van der Waals surface area contributed by atoms with Crippen molar-refractivity contribution in [1.82, 2.24) is 15.0 Å². The van der Waals surface area contributed by atoms with Crippen LogP contribution >= 0.6 is 12.4 Å². The third kappa shape index (κ3) is 4.36. The summed E-state index contributed by atoms with van der Waals surface area (Å²) in [6, 6.07) is 6.07. The second-order valence-corrected chi connectivity index (χ2v) is 7.80. The van der Waals surface area contributed by atoms with Crippen molar-refractivity contribution in [3.8, 4) is 0 Å². The molecule has 1 saturated heterocycles. The van der Waals surface area contributed by atoms with Gasteiger partial charge in [0.15, 0.2) is 5.82 Å². The van der Waals surface area contributed by atoms with Crippen LogP contribution in [0.4, 0.5) is 4.39 Å². The molecule has 1 unspecified atom stereocenters. The number of amides is 1. The Morgan fingerprint density at radius 1 is 1.25 bits per heavy atom. The number of nitrogens with zero attached hydrogens (tertiary/aromatic N) is 3. The van der Waals surface area contributed by atoms with Gasteiger partial charge >= 0.3 is 0 Å². The van der Waals surface area contributed by atoms with Gasteiger partial charge in [0.25, 0.3) is 0 Å². The van der Waals surface area contributed by atoms with Crippen molar-refractivity contribution in [1.29, 1.82) is 0 Å². The van der Waals surface area contributed by atoms with Crippen LogP contribution in [0.5, 0.6) is 0 Å². The van der Waals surface area contributed by atoms with Crippen LogP contribution in [0, 0.1) is 5.82 Å². The molecule has 1 aliphatic carbocycles. The maximum atomic E-state index is 13.0. The van der Waals surface area contributed by atoms with Crippen molar-refractivity contribution in [3.63, 3.8) is 0 Å². The summed E-state index contributed by atoms with van der Waals surface area (Å²) in [6.45, 7) is 1.29. The summed E-state index contributed by atoms with van der Waals surface area (Å²) in [5.41, 5.74) is 6.77. The van der Waals surface area contributed by atoms with Crippen LogP contribution in [0.25, 0.3) is 0 Å². The molecule has 2 fully saturated rings. The van der Waals surface area contributed by atoms with Crippen LogP contribution in [0.2, 0.25) is 0 Å². The minimum absolute atomic E-state index is 0. The molecule has 4 rings (SSSR count). The van der Waals surface area contributed by atoms with Gasteiger partial charge in [0, 0.05) is 13.1 Å². The van der Waals surface area contributed by atoms with Gasteiger partial charge in [-0.15, -0.1) is 12.4 Å². The van der Waals surface area contributed by atoms with Gasteiger partial charge in [-0.3, -0.25) is 4.79 Å². The number of rotatable bonds is 4. The minimum Gasteiger partial charge on any atom is -0.342 e. The van der Waals surface area contributed by atoms with Crippen molar-refractivity contribution < 1.29 is 13.7 Å². The maximum Gasteiger partial charge on any atom is 0.231 e. The summed E-state index contributed by atoms with van der Waals surface area (Å²) < 4.78 is 18.6. The zero-order valence-electron chi connectivity index (χ0n) is 15.8. The molecule has 1 aliphatic heterocycles. The predicted molar refractivity (Wildman–Crippen MR) is 105 cm³/mol. The number of carbonyl (C=O) groups excluding carboxylic acids is 1. The summed E-state index contributed by atoms with van der Waals surface area (Å²) >= 11 is 0. The first-order valence-corrected chi connectivity index (χ1v) is 9.69. The van der Waals surface area contributed by atoms with Crippen molar-refractivity contribution >= 4 is 18.3 Å². The molecule has 0 bridgehead atoms. The summed E-state index contributed by atoms with van der Waals surface area (Å²) in [6.07, 6.45) is 6.04. The summed E-state index contributed by atoms with van der Waals surface area (Å²) in [4.78, 5) is 19.1. The van der Waals surface area contributed by atoms with E-state index >= 15 is 0 Å². The van der Waals surface area contributed by atoms with Crippen molar-refractivity contribution in [3.05, 3.63) is 47.4 Å². The standard InChI is InChI=1S/C20H25FN4O2.ClH/c21-16-7-5-14(6-8-16)12-17(26)25-11-3-4-15(13-25)18-23-19(24-27-18)20(22)9-1-2-10-20;/h5-8,15H,1-4,9-13,22H2;1H. The number of carbonyl (C=O) groups is 1. The van der Waals surface area contributed by atoms with Crippen LogP contribution < -0.4 is 5.73 Å². The van der Waals surface area contributed by atoms with Gasteiger partial charge in [0.05, 0.1) is 17.9 Å². The molecular formula is C20H26ClFN4O2. The van der Waals surface area contributed by atoms with E-state index in [0.717, 1.165) is 50.6 Å². The molecule has 6 nitrogen and oxygen atoms in total. The predicted octanol–water partition coefficient (Wildman–Crippen LogP) is 3.31. The van der Waals surface area contributed by atoms with Crippen molar-refractivity contribution in [2.75, 3.05) is 13.1 Å². The second-order valence-electron chi connectivity index (χ2n) is 7.80. The molecule has 1 saturated carbocycles. The Morgan fingerprint density at radius 2 is 1.96 bits per heavy atom. The average molecular weight is 409 g/mol. The van der Waals surface area contributed by atoms with E-state index in [2.05, 4.69) is 10.1 Å². The number of aromatic nitrogens is 2. The van der Waals surface area contributed by atoms with Gasteiger partial charge in [-0.05, 0) is 43.4 Å². The number of nitrogens with two attached hydrogens (primary N) is 1. The van der Waals surface area contributed by atoms with Crippen molar-refractivity contribution in [2.24, 2.45) is 5.73 Å². The van der Waals surface area contributed by atoms with Gasteiger partial charge < -0.3 is 15.2 Å². The summed E-state index contributed by atoms with van der Waals surface area (Å²) in [5.74, 6) is 0.974. The van der Waals surface area contributed by atoms with Crippen LogP contribution in [0.15, 0.2) is 28.8 Å². The third-order valence-corrected chi connectivity index (χ3v) is 5.77. The normalized spacial score (nSPS) is 21.4. The van der Waals surface area contributed by atoms with Crippen molar-refractivity contribution in [2.45, 2.75) is 56.4 Å². The lowest BCUT2D eigenvalue weighted by atomic mass is 9.96. The number of benzene rings is 1. The van der Waals surface area contributed by atoms with E-state index in [-0.39, 0.29) is 36.5 Å². The van der Waals surface area contributed by atoms with Crippen LogP contribution in [0.3, 0.4) is 0 Å². The number of likely N-dealkylation sites (tertiary alicyclic amines) is 1. The highest BCUT2D eigenvalue weighted by molar-refractivity contribution is 5.85. The van der Waals surface area contributed by atoms with Gasteiger partial charge in [-0.2, -0.15) is 4.98 Å². The molecule has 0 spiro atoms. The van der Waals surface area contributed by atoms with Crippen LogP contribution in [-0.4, -0.2) is 34.0 Å². The fourth-order valence-corrected chi connectivity index (χ4v) is 4.13. The topological polar surface area (TPSA) is 85.2 Å². The van der Waals surface area contributed by atoms with E-state index < -0.39 is 5.54 Å². The molecule has 28 heavy (non-hydrogen) atoms. The smallest absolute Gasteiger partial charge is 0.231 e. The molecule has 1 atom stereocenters. The fraction of sp³-hybridized carbons (Fsp3) is 0.550. The zero-order chi connectivity index (χ0) is 18.9. The highest BCUT2D eigenvalue weighted by atomic mass is 35.5. The van der Waals surface area contributed by atoms with Crippen LogP contribution in [0.1, 0.15) is 61.7 Å². The fourth-order valence-electron chi connectivity index (χ4n) is 4.13. The molecule has 2 aromatic rings. The van der Waals surface area contributed by atoms with Gasteiger partial charge in [-0.1, -0.05) is 30.1 Å². The van der Waals surface area contributed by atoms with Gasteiger partial charge in [0.1, 0.15) is 5.82 Å². The lowest BCUT2D eigenvalue weighted by Crippen LogP contribution is -2.40. The molecule has 8 heteroatoms. The Kier molecular flexibility index (Phi) is 6.35. The monoisotopic (exact) mass is 408 g/mol. The van der Waals surface area contributed by atoms with E-state index in [1.54, 1.807) is 12.1 Å². The number of piperidine rings is 1. The van der Waals surface area contributed by atoms with E-state index in [9.17, 15) is 9.18 Å². The first-order valence-electron chi connectivity index (χ1n) is 9.69. The summed E-state index contributed by atoms with van der Waals surface area (Å²) in [7, 11) is 0. The Labute approximate surface area is 170 Å². The number of halogens is 2. The molecule has 1 aromatic heterocycles. The average Bonchev–Trinajstić information content (AvgIpc) is 3.34. The Bertz CT molecular complexity index is 805. The molecule has 1 amide bonds. The van der Waals surface area contributed by atoms with Gasteiger partial charge in [-0.25, -0.2) is 4.39 Å². The molecule has 2 aliphatic rings. The lowest BCUT2D eigenvalue weighted by Gasteiger charge is -2.31. The first kappa shape index (κ1) is 20.7. The zero-order valence-corrected chi connectivity index (χ0v) is 16.6. The molecular weight excluding hydrogens is 383 g/mol. The Morgan fingerprint density at radius 3 is 2.68 bits per heavy atom. The van der Waals surface area contributed by atoms with E-state index in [1.165, 1.54) is 12.1 Å². The van der Waals surface area contributed by atoms with Gasteiger partial charge in [0.2, 0.25) is 11.8 Å². The second kappa shape index (κ2) is 8.57. The maximum absolute atomic E-state index is 13.0. The molecule has 2 N–H and O–H groups in total. The van der Waals surface area contributed by atoms with E-state index in [4.69, 9.17) is 10.3 Å². The summed E-state index contributed by atoms with van der Waals surface area (Å²) in [5, 5.41) is 4.14. The van der Waals surface area contributed by atoms with Crippen LogP contribution in [-0.2, 0) is 16.8 Å². The number of hydrogen-bond donors (Lipinski definition) is 1. The lowest BCUT2D eigenvalue weighted by molar-refractivity contribution is -0.131. The molecule has 152 valence electrons. The third-order valence-electron chi connectivity index (χ3n) is 5.77. The van der Waals surface area contributed by atoms with E-state index in [0.29, 0.717) is 18.3 Å². The number of hydrogen-bond acceptors (Lipinski definition) is 5. The van der Waals surface area contributed by atoms with E-state index in [1.807, 2.05) is 4.90 Å². The highest BCUT2D eigenvalue weighted by Crippen LogP contribution is 2.36.